The van der Waals surface area contributed by atoms with Crippen LogP contribution in [0.4, 0.5) is 0 Å². The SMILES string of the molecule is CCCO[C@H]1CN(Cc2cnc(C)nc2)CC[C@@H]1C. The van der Waals surface area contributed by atoms with Gasteiger partial charge in [-0.15, -0.1) is 0 Å². The van der Waals surface area contributed by atoms with E-state index < -0.39 is 0 Å². The van der Waals surface area contributed by atoms with E-state index in [-0.39, 0.29) is 0 Å². The third-order valence-corrected chi connectivity index (χ3v) is 3.75. The molecule has 0 aliphatic carbocycles. The average Bonchev–Trinajstić information content (AvgIpc) is 2.42. The number of rotatable bonds is 5. The van der Waals surface area contributed by atoms with Crippen LogP contribution in [0, 0.1) is 12.8 Å². The number of hydrogen-bond acceptors (Lipinski definition) is 4. The van der Waals surface area contributed by atoms with E-state index in [4.69, 9.17) is 4.74 Å². The van der Waals surface area contributed by atoms with E-state index in [1.54, 1.807) is 0 Å². The summed E-state index contributed by atoms with van der Waals surface area (Å²) in [6.45, 7) is 10.3. The fraction of sp³-hybridized carbons (Fsp3) is 0.733. The van der Waals surface area contributed by atoms with Crippen LogP contribution in [0.25, 0.3) is 0 Å². The van der Waals surface area contributed by atoms with Crippen LogP contribution < -0.4 is 0 Å². The Labute approximate surface area is 116 Å². The molecule has 106 valence electrons. The molecule has 0 saturated carbocycles. The fourth-order valence-corrected chi connectivity index (χ4v) is 2.49. The molecule has 1 aromatic rings. The van der Waals surface area contributed by atoms with Crippen molar-refractivity contribution in [1.82, 2.24) is 14.9 Å². The molecule has 1 aromatic heterocycles. The Morgan fingerprint density at radius 1 is 1.37 bits per heavy atom. The summed E-state index contributed by atoms with van der Waals surface area (Å²) in [6, 6.07) is 0. The van der Waals surface area contributed by atoms with Crippen molar-refractivity contribution >= 4 is 0 Å². The predicted molar refractivity (Wildman–Crippen MR) is 75.9 cm³/mol. The lowest BCUT2D eigenvalue weighted by molar-refractivity contribution is -0.0342. The molecule has 1 aliphatic rings. The minimum atomic E-state index is 0.375. The molecule has 19 heavy (non-hydrogen) atoms. The second-order valence-electron chi connectivity index (χ2n) is 5.55. The first kappa shape index (κ1) is 14.4. The Morgan fingerprint density at radius 2 is 2.11 bits per heavy atom. The first-order chi connectivity index (χ1) is 9.19. The van der Waals surface area contributed by atoms with Gasteiger partial charge in [-0.25, -0.2) is 9.97 Å². The van der Waals surface area contributed by atoms with Gasteiger partial charge in [0.25, 0.3) is 0 Å². The molecule has 2 heterocycles. The molecule has 4 nitrogen and oxygen atoms in total. The van der Waals surface area contributed by atoms with Gasteiger partial charge in [0.2, 0.25) is 0 Å². The Kier molecular flexibility index (Phi) is 5.28. The van der Waals surface area contributed by atoms with Crippen molar-refractivity contribution in [3.63, 3.8) is 0 Å². The lowest BCUT2D eigenvalue weighted by Gasteiger charge is -2.36. The van der Waals surface area contributed by atoms with Gasteiger partial charge in [-0.1, -0.05) is 13.8 Å². The smallest absolute Gasteiger partial charge is 0.125 e. The summed E-state index contributed by atoms with van der Waals surface area (Å²) in [4.78, 5) is 11.0. The highest BCUT2D eigenvalue weighted by atomic mass is 16.5. The molecule has 2 atom stereocenters. The van der Waals surface area contributed by atoms with Crippen LogP contribution in [0.1, 0.15) is 38.1 Å². The maximum absolute atomic E-state index is 5.96. The van der Waals surface area contributed by atoms with Crippen LogP contribution in [-0.4, -0.2) is 40.7 Å². The monoisotopic (exact) mass is 263 g/mol. The van der Waals surface area contributed by atoms with Crippen molar-refractivity contribution in [3.05, 3.63) is 23.8 Å². The summed E-state index contributed by atoms with van der Waals surface area (Å²) >= 11 is 0. The highest BCUT2D eigenvalue weighted by Crippen LogP contribution is 2.21. The van der Waals surface area contributed by atoms with Crippen molar-refractivity contribution in [2.45, 2.75) is 46.3 Å². The van der Waals surface area contributed by atoms with Crippen LogP contribution in [-0.2, 0) is 11.3 Å². The van der Waals surface area contributed by atoms with Gasteiger partial charge in [0.1, 0.15) is 5.82 Å². The summed E-state index contributed by atoms with van der Waals surface area (Å²) in [5.74, 6) is 1.50. The molecule has 0 spiro atoms. The highest BCUT2D eigenvalue weighted by Gasteiger charge is 2.26. The van der Waals surface area contributed by atoms with Crippen LogP contribution in [0.2, 0.25) is 0 Å². The number of aromatic nitrogens is 2. The number of piperidine rings is 1. The van der Waals surface area contributed by atoms with Crippen LogP contribution in [0.5, 0.6) is 0 Å². The third kappa shape index (κ3) is 4.25. The van der Waals surface area contributed by atoms with E-state index in [1.807, 2.05) is 19.3 Å². The molecule has 1 aliphatic heterocycles. The van der Waals surface area contributed by atoms with Crippen molar-refractivity contribution in [1.29, 1.82) is 0 Å². The highest BCUT2D eigenvalue weighted by molar-refractivity contribution is 5.05. The molecule has 0 radical (unpaired) electrons. The Balaban J connectivity index is 1.88. The van der Waals surface area contributed by atoms with E-state index in [0.717, 1.165) is 38.5 Å². The zero-order valence-electron chi connectivity index (χ0n) is 12.3. The third-order valence-electron chi connectivity index (χ3n) is 3.75. The Morgan fingerprint density at radius 3 is 2.79 bits per heavy atom. The van der Waals surface area contributed by atoms with Gasteiger partial charge in [-0.2, -0.15) is 0 Å². The molecular formula is C15H25N3O. The molecule has 2 rings (SSSR count). The van der Waals surface area contributed by atoms with E-state index in [0.29, 0.717) is 12.0 Å². The summed E-state index contributed by atoms with van der Waals surface area (Å²) in [5, 5.41) is 0. The molecular weight excluding hydrogens is 238 g/mol. The number of aryl methyl sites for hydroxylation is 1. The Hall–Kier alpha value is -1.00. The topological polar surface area (TPSA) is 38.2 Å². The Bertz CT molecular complexity index is 379. The maximum Gasteiger partial charge on any atom is 0.125 e. The lowest BCUT2D eigenvalue weighted by Crippen LogP contribution is -2.43. The number of hydrogen-bond donors (Lipinski definition) is 0. The standard InChI is InChI=1S/C15H25N3O/c1-4-7-19-15-11-18(6-5-12(15)2)10-14-8-16-13(3)17-9-14/h8-9,12,15H,4-7,10-11H2,1-3H3/t12-,15-/m0/s1. The normalized spacial score (nSPS) is 24.6. The molecule has 0 N–H and O–H groups in total. The van der Waals surface area contributed by atoms with E-state index in [9.17, 15) is 0 Å². The van der Waals surface area contributed by atoms with Crippen molar-refractivity contribution < 1.29 is 4.74 Å². The van der Waals surface area contributed by atoms with Gasteiger partial charge in [0, 0.05) is 37.7 Å². The summed E-state index contributed by atoms with van der Waals surface area (Å²) in [6.07, 6.45) is 6.54. The maximum atomic E-state index is 5.96. The van der Waals surface area contributed by atoms with Crippen LogP contribution in [0.3, 0.4) is 0 Å². The fourth-order valence-electron chi connectivity index (χ4n) is 2.49. The van der Waals surface area contributed by atoms with Crippen molar-refractivity contribution in [2.24, 2.45) is 5.92 Å². The molecule has 4 heteroatoms. The van der Waals surface area contributed by atoms with Crippen LogP contribution in [0.15, 0.2) is 12.4 Å². The molecule has 1 fully saturated rings. The molecule has 1 saturated heterocycles. The van der Waals surface area contributed by atoms with Crippen LogP contribution >= 0.6 is 0 Å². The summed E-state index contributed by atoms with van der Waals surface area (Å²) < 4.78 is 5.96. The van der Waals surface area contributed by atoms with Crippen molar-refractivity contribution in [2.75, 3.05) is 19.7 Å². The quantitative estimate of drug-likeness (QED) is 0.818. The second kappa shape index (κ2) is 6.96. The molecule has 0 aromatic carbocycles. The number of nitrogens with zero attached hydrogens (tertiary/aromatic N) is 3. The predicted octanol–water partition coefficient (Wildman–Crippen LogP) is 2.42. The molecule has 0 amide bonds. The van der Waals surface area contributed by atoms with Gasteiger partial charge >= 0.3 is 0 Å². The molecule has 0 bridgehead atoms. The average molecular weight is 263 g/mol. The zero-order valence-corrected chi connectivity index (χ0v) is 12.3. The minimum absolute atomic E-state index is 0.375. The first-order valence-electron chi connectivity index (χ1n) is 7.30. The van der Waals surface area contributed by atoms with Gasteiger partial charge in [0.05, 0.1) is 6.10 Å². The zero-order chi connectivity index (χ0) is 13.7. The van der Waals surface area contributed by atoms with E-state index >= 15 is 0 Å². The van der Waals surface area contributed by atoms with E-state index in [2.05, 4.69) is 28.7 Å². The lowest BCUT2D eigenvalue weighted by atomic mass is 9.95. The number of ether oxygens (including phenoxy) is 1. The van der Waals surface area contributed by atoms with E-state index in [1.165, 1.54) is 12.0 Å². The summed E-state index contributed by atoms with van der Waals surface area (Å²) in [7, 11) is 0. The molecule has 0 unspecified atom stereocenters. The first-order valence-corrected chi connectivity index (χ1v) is 7.30. The van der Waals surface area contributed by atoms with Gasteiger partial charge in [-0.05, 0) is 32.2 Å². The summed E-state index contributed by atoms with van der Waals surface area (Å²) in [5.41, 5.74) is 1.19. The largest absolute Gasteiger partial charge is 0.377 e. The van der Waals surface area contributed by atoms with Crippen molar-refractivity contribution in [3.8, 4) is 0 Å². The number of likely N-dealkylation sites (tertiary alicyclic amines) is 1. The van der Waals surface area contributed by atoms with Gasteiger partial charge in [0.15, 0.2) is 0 Å². The second-order valence-corrected chi connectivity index (χ2v) is 5.55. The van der Waals surface area contributed by atoms with Gasteiger partial charge in [-0.3, -0.25) is 4.90 Å². The minimum Gasteiger partial charge on any atom is -0.377 e. The van der Waals surface area contributed by atoms with Gasteiger partial charge < -0.3 is 4.74 Å².